The predicted octanol–water partition coefficient (Wildman–Crippen LogP) is 3.34. The number of benzene rings is 1. The number of aromatic nitrogens is 2. The quantitative estimate of drug-likeness (QED) is 0.612. The van der Waals surface area contributed by atoms with Crippen LogP contribution in [-0.4, -0.2) is 38.6 Å². The minimum Gasteiger partial charge on any atom is -0.382 e. The summed E-state index contributed by atoms with van der Waals surface area (Å²) in [7, 11) is 2.04. The first-order valence-electron chi connectivity index (χ1n) is 8.21. The summed E-state index contributed by atoms with van der Waals surface area (Å²) in [6.45, 7) is 1.62. The standard InChI is InChI=1S/C17H21BrF3N3O2S/c1-11(7-8-27(26)23(2)3)24-15(17(19,20)21)10-14(22-24)16(25)12-5-4-6-13(18)9-12/h4-6,9-11,16,25H,7-8H2,1-3H3/p+1. The van der Waals surface area contributed by atoms with E-state index in [0.717, 1.165) is 10.7 Å². The molecular formula is C17H22BrF3N3O2S+. The summed E-state index contributed by atoms with van der Waals surface area (Å²) in [6.07, 6.45) is -5.53. The number of halogens is 4. The number of hydrogen-bond acceptors (Lipinski definition) is 2. The Kier molecular flexibility index (Phi) is 7.23. The molecule has 1 aromatic carbocycles. The minimum atomic E-state index is -4.58. The summed E-state index contributed by atoms with van der Waals surface area (Å²) < 4.78 is 55.5. The summed E-state index contributed by atoms with van der Waals surface area (Å²) in [5.74, 6) is 0.237. The molecule has 2 aromatic rings. The van der Waals surface area contributed by atoms with E-state index in [1.165, 1.54) is 4.31 Å². The van der Waals surface area contributed by atoms with Crippen molar-refractivity contribution in [3.63, 3.8) is 0 Å². The monoisotopic (exact) mass is 468 g/mol. The highest BCUT2D eigenvalue weighted by atomic mass is 79.9. The number of rotatable bonds is 7. The SMILES string of the molecule is CC(CCS(=O)N(C)C)[n+]1[nH]c(C(O)c2cccc(Br)c2)cc1C(F)(F)F. The van der Waals surface area contributed by atoms with E-state index < -0.39 is 35.0 Å². The minimum absolute atomic E-state index is 0.0426. The van der Waals surface area contributed by atoms with E-state index >= 15 is 0 Å². The molecular weight excluding hydrogens is 447 g/mol. The number of H-pyrrole nitrogens is 1. The van der Waals surface area contributed by atoms with Crippen molar-refractivity contribution in [2.75, 3.05) is 19.8 Å². The highest BCUT2D eigenvalue weighted by Crippen LogP contribution is 2.31. The lowest BCUT2D eigenvalue weighted by molar-refractivity contribution is -0.785. The second kappa shape index (κ2) is 8.85. The van der Waals surface area contributed by atoms with E-state index in [1.54, 1.807) is 45.3 Å². The zero-order chi connectivity index (χ0) is 20.4. The Morgan fingerprint density at radius 3 is 2.56 bits per heavy atom. The van der Waals surface area contributed by atoms with Crippen LogP contribution in [0.1, 0.15) is 42.4 Å². The molecule has 0 aliphatic carbocycles. The molecule has 3 atom stereocenters. The normalized spacial score (nSPS) is 15.7. The van der Waals surface area contributed by atoms with E-state index in [9.17, 15) is 22.5 Å². The molecule has 1 heterocycles. The summed E-state index contributed by atoms with van der Waals surface area (Å²) >= 11 is 3.28. The molecule has 2 rings (SSSR count). The maximum atomic E-state index is 13.5. The van der Waals surface area contributed by atoms with E-state index in [4.69, 9.17) is 0 Å². The van der Waals surface area contributed by atoms with Gasteiger partial charge in [0.1, 0.15) is 11.8 Å². The van der Waals surface area contributed by atoms with Crippen molar-refractivity contribution < 1.29 is 27.2 Å². The predicted molar refractivity (Wildman–Crippen MR) is 100 cm³/mol. The number of alkyl halides is 3. The molecule has 0 saturated heterocycles. The van der Waals surface area contributed by atoms with Gasteiger partial charge < -0.3 is 5.11 Å². The molecule has 0 amide bonds. The summed E-state index contributed by atoms with van der Waals surface area (Å²) in [5.41, 5.74) is -0.372. The molecule has 0 fully saturated rings. The number of aliphatic hydroxyl groups is 1. The van der Waals surface area contributed by atoms with Gasteiger partial charge in [-0.15, -0.1) is 4.68 Å². The Balaban J connectivity index is 2.33. The molecule has 0 aliphatic rings. The molecule has 5 nitrogen and oxygen atoms in total. The lowest BCUT2D eigenvalue weighted by Crippen LogP contribution is -2.46. The maximum absolute atomic E-state index is 13.5. The zero-order valence-corrected chi connectivity index (χ0v) is 17.5. The van der Waals surface area contributed by atoms with Gasteiger partial charge in [0.2, 0.25) is 0 Å². The van der Waals surface area contributed by atoms with Crippen LogP contribution in [0.25, 0.3) is 0 Å². The fraction of sp³-hybridized carbons (Fsp3) is 0.471. The summed E-state index contributed by atoms with van der Waals surface area (Å²) in [6, 6.07) is 7.09. The van der Waals surface area contributed by atoms with Crippen molar-refractivity contribution in [2.45, 2.75) is 31.7 Å². The third-order valence-electron chi connectivity index (χ3n) is 4.11. The van der Waals surface area contributed by atoms with Gasteiger partial charge in [0.25, 0.3) is 0 Å². The van der Waals surface area contributed by atoms with Crippen LogP contribution >= 0.6 is 15.9 Å². The van der Waals surface area contributed by atoms with Gasteiger partial charge in [-0.2, -0.15) is 18.3 Å². The smallest absolute Gasteiger partial charge is 0.382 e. The van der Waals surface area contributed by atoms with Crippen LogP contribution in [0.3, 0.4) is 0 Å². The molecule has 0 radical (unpaired) electrons. The fourth-order valence-corrected chi connectivity index (χ4v) is 3.92. The second-order valence-electron chi connectivity index (χ2n) is 6.40. The lowest BCUT2D eigenvalue weighted by Gasteiger charge is -2.11. The molecule has 0 spiro atoms. The van der Waals surface area contributed by atoms with E-state index in [0.29, 0.717) is 10.0 Å². The molecule has 10 heteroatoms. The molecule has 0 saturated carbocycles. The lowest BCUT2D eigenvalue weighted by atomic mass is 10.1. The number of nitrogens with one attached hydrogen (secondary N) is 1. The molecule has 0 aliphatic heterocycles. The summed E-state index contributed by atoms with van der Waals surface area (Å²) in [5, 5.41) is 13.2. The van der Waals surface area contributed by atoms with Crippen molar-refractivity contribution in [1.82, 2.24) is 9.40 Å². The average molecular weight is 469 g/mol. The maximum Gasteiger partial charge on any atom is 0.479 e. The van der Waals surface area contributed by atoms with Gasteiger partial charge in [0, 0.05) is 29.6 Å². The van der Waals surface area contributed by atoms with Crippen molar-refractivity contribution in [3.05, 3.63) is 51.8 Å². The Bertz CT molecular complexity index is 811. The second-order valence-corrected chi connectivity index (χ2v) is 9.09. The van der Waals surface area contributed by atoms with Gasteiger partial charge in [-0.05, 0) is 31.8 Å². The Hall–Kier alpha value is -1.23. The van der Waals surface area contributed by atoms with E-state index in [1.807, 2.05) is 0 Å². The van der Waals surface area contributed by atoms with Crippen LogP contribution < -0.4 is 4.68 Å². The van der Waals surface area contributed by atoms with Gasteiger partial charge in [-0.25, -0.2) is 8.51 Å². The largest absolute Gasteiger partial charge is 0.479 e. The Morgan fingerprint density at radius 2 is 2.00 bits per heavy atom. The highest BCUT2D eigenvalue weighted by molar-refractivity contribution is 9.10. The van der Waals surface area contributed by atoms with Crippen LogP contribution in [0.15, 0.2) is 34.8 Å². The fourth-order valence-electron chi connectivity index (χ4n) is 2.59. The topological polar surface area (TPSA) is 60.2 Å². The van der Waals surface area contributed by atoms with E-state index in [-0.39, 0.29) is 17.9 Å². The van der Waals surface area contributed by atoms with Crippen molar-refractivity contribution in [2.24, 2.45) is 0 Å². The van der Waals surface area contributed by atoms with Crippen molar-refractivity contribution >= 4 is 26.9 Å². The van der Waals surface area contributed by atoms with Gasteiger partial charge >= 0.3 is 11.9 Å². The Morgan fingerprint density at radius 1 is 1.33 bits per heavy atom. The number of aromatic amines is 1. The van der Waals surface area contributed by atoms with E-state index in [2.05, 4.69) is 21.0 Å². The number of aliphatic hydroxyl groups excluding tert-OH is 1. The van der Waals surface area contributed by atoms with Crippen LogP contribution in [0.5, 0.6) is 0 Å². The van der Waals surface area contributed by atoms with Crippen LogP contribution in [0.4, 0.5) is 13.2 Å². The molecule has 1 aromatic heterocycles. The molecule has 150 valence electrons. The Labute approximate surface area is 166 Å². The highest BCUT2D eigenvalue weighted by Gasteiger charge is 2.45. The first-order valence-corrected chi connectivity index (χ1v) is 10.3. The summed E-state index contributed by atoms with van der Waals surface area (Å²) in [4.78, 5) is 0. The van der Waals surface area contributed by atoms with Crippen molar-refractivity contribution in [3.8, 4) is 0 Å². The third-order valence-corrected chi connectivity index (χ3v) is 6.00. The van der Waals surface area contributed by atoms with Gasteiger partial charge in [0.15, 0.2) is 6.04 Å². The molecule has 2 N–H and O–H groups in total. The third kappa shape index (κ3) is 5.63. The van der Waals surface area contributed by atoms with Gasteiger partial charge in [0.05, 0.1) is 11.0 Å². The molecule has 3 unspecified atom stereocenters. The number of nitrogens with zero attached hydrogens (tertiary/aromatic N) is 2. The van der Waals surface area contributed by atoms with Gasteiger partial charge in [-0.3, -0.25) is 0 Å². The van der Waals surface area contributed by atoms with Crippen molar-refractivity contribution in [1.29, 1.82) is 0 Å². The molecule has 27 heavy (non-hydrogen) atoms. The molecule has 0 bridgehead atoms. The first-order chi connectivity index (χ1) is 12.5. The van der Waals surface area contributed by atoms with Crippen LogP contribution in [0.2, 0.25) is 0 Å². The van der Waals surface area contributed by atoms with Crippen LogP contribution in [-0.2, 0) is 17.2 Å². The van der Waals surface area contributed by atoms with Crippen LogP contribution in [0, 0.1) is 0 Å². The first kappa shape index (κ1) is 22.1. The average Bonchev–Trinajstić information content (AvgIpc) is 3.04. The van der Waals surface area contributed by atoms with Gasteiger partial charge in [-0.1, -0.05) is 28.1 Å². The number of hydrogen-bond donors (Lipinski definition) is 2. The zero-order valence-electron chi connectivity index (χ0n) is 15.1.